The van der Waals surface area contributed by atoms with E-state index >= 15 is 0 Å². The molecule has 0 aromatic carbocycles. The second-order valence-corrected chi connectivity index (χ2v) is 4.22. The number of hydrogen-bond donors (Lipinski definition) is 3. The van der Waals surface area contributed by atoms with Gasteiger partial charge in [-0.2, -0.15) is 0 Å². The van der Waals surface area contributed by atoms with Gasteiger partial charge in [-0.15, -0.1) is 0 Å². The van der Waals surface area contributed by atoms with Crippen molar-refractivity contribution in [2.24, 2.45) is 0 Å². The summed E-state index contributed by atoms with van der Waals surface area (Å²) in [5.74, 6) is 1.85. The van der Waals surface area contributed by atoms with Crippen LogP contribution in [0.4, 0.5) is 5.82 Å². The molecule has 6 nitrogen and oxygen atoms in total. The van der Waals surface area contributed by atoms with Gasteiger partial charge in [-0.25, -0.2) is 9.97 Å². The van der Waals surface area contributed by atoms with Crippen molar-refractivity contribution < 1.29 is 0 Å². The van der Waals surface area contributed by atoms with Gasteiger partial charge in [-0.05, 0) is 12.8 Å². The average molecular weight is 231 g/mol. The predicted molar refractivity (Wildman–Crippen MR) is 62.7 cm³/mol. The van der Waals surface area contributed by atoms with Crippen molar-refractivity contribution in [3.05, 3.63) is 40.5 Å². The Kier molecular flexibility index (Phi) is 2.40. The van der Waals surface area contributed by atoms with Gasteiger partial charge in [0.1, 0.15) is 11.6 Å². The summed E-state index contributed by atoms with van der Waals surface area (Å²) >= 11 is 0. The molecule has 3 N–H and O–H groups in total. The Bertz CT molecular complexity index is 555. The Morgan fingerprint density at radius 2 is 2.35 bits per heavy atom. The molecule has 17 heavy (non-hydrogen) atoms. The van der Waals surface area contributed by atoms with Crippen LogP contribution in [-0.2, 0) is 6.54 Å². The molecule has 0 aliphatic heterocycles. The van der Waals surface area contributed by atoms with Crippen LogP contribution in [0.15, 0.2) is 23.4 Å². The first-order chi connectivity index (χ1) is 8.31. The van der Waals surface area contributed by atoms with Crippen molar-refractivity contribution in [1.82, 2.24) is 19.9 Å². The number of nitrogens with zero attached hydrogens (tertiary/aromatic N) is 2. The molecule has 0 atom stereocenters. The summed E-state index contributed by atoms with van der Waals surface area (Å²) in [5, 5.41) is 3.11. The van der Waals surface area contributed by atoms with Gasteiger partial charge in [-0.3, -0.25) is 4.79 Å². The number of aromatic amines is 2. The van der Waals surface area contributed by atoms with Crippen molar-refractivity contribution in [3.63, 3.8) is 0 Å². The van der Waals surface area contributed by atoms with Crippen LogP contribution in [0.2, 0.25) is 0 Å². The molecule has 0 saturated heterocycles. The highest BCUT2D eigenvalue weighted by molar-refractivity contribution is 5.34. The summed E-state index contributed by atoms with van der Waals surface area (Å²) in [6.07, 6.45) is 5.60. The van der Waals surface area contributed by atoms with E-state index in [0.717, 1.165) is 24.4 Å². The second-order valence-electron chi connectivity index (χ2n) is 4.22. The molecule has 1 aliphatic carbocycles. The summed E-state index contributed by atoms with van der Waals surface area (Å²) in [4.78, 5) is 25.5. The fourth-order valence-electron chi connectivity index (χ4n) is 1.68. The molecule has 0 bridgehead atoms. The lowest BCUT2D eigenvalue weighted by Gasteiger charge is -2.05. The maximum Gasteiger partial charge on any atom is 0.252 e. The van der Waals surface area contributed by atoms with Gasteiger partial charge < -0.3 is 15.3 Å². The molecule has 1 aliphatic rings. The molecule has 6 heteroatoms. The van der Waals surface area contributed by atoms with E-state index < -0.39 is 0 Å². The van der Waals surface area contributed by atoms with E-state index in [9.17, 15) is 4.79 Å². The first kappa shape index (κ1) is 10.1. The third-order valence-electron chi connectivity index (χ3n) is 2.74. The van der Waals surface area contributed by atoms with Crippen LogP contribution < -0.4 is 10.9 Å². The lowest BCUT2D eigenvalue weighted by Crippen LogP contribution is -2.13. The normalized spacial score (nSPS) is 14.8. The minimum absolute atomic E-state index is 0.103. The Hall–Kier alpha value is -2.11. The molecule has 2 aromatic heterocycles. The van der Waals surface area contributed by atoms with Crippen LogP contribution in [0.3, 0.4) is 0 Å². The van der Waals surface area contributed by atoms with E-state index in [2.05, 4.69) is 25.3 Å². The first-order valence-corrected chi connectivity index (χ1v) is 5.63. The van der Waals surface area contributed by atoms with Crippen molar-refractivity contribution >= 4 is 5.82 Å². The number of hydrogen-bond acceptors (Lipinski definition) is 4. The lowest BCUT2D eigenvalue weighted by atomic mass is 10.4. The number of nitrogens with one attached hydrogen (secondary N) is 3. The van der Waals surface area contributed by atoms with Crippen LogP contribution >= 0.6 is 0 Å². The third-order valence-corrected chi connectivity index (χ3v) is 2.74. The van der Waals surface area contributed by atoms with Gasteiger partial charge in [0.15, 0.2) is 0 Å². The lowest BCUT2D eigenvalue weighted by molar-refractivity contribution is 0.901. The number of rotatable bonds is 4. The number of anilines is 1. The van der Waals surface area contributed by atoms with E-state index in [1.165, 1.54) is 6.07 Å². The largest absolute Gasteiger partial charge is 0.364 e. The molecule has 2 aromatic rings. The monoisotopic (exact) mass is 231 g/mol. The fraction of sp³-hybridized carbons (Fsp3) is 0.364. The van der Waals surface area contributed by atoms with E-state index in [0.29, 0.717) is 18.3 Å². The van der Waals surface area contributed by atoms with Crippen molar-refractivity contribution in [2.75, 3.05) is 5.32 Å². The summed E-state index contributed by atoms with van der Waals surface area (Å²) in [7, 11) is 0. The fourth-order valence-corrected chi connectivity index (χ4v) is 1.68. The summed E-state index contributed by atoms with van der Waals surface area (Å²) in [6.45, 7) is 0.584. The Morgan fingerprint density at radius 3 is 3.06 bits per heavy atom. The van der Waals surface area contributed by atoms with E-state index in [4.69, 9.17) is 0 Å². The standard InChI is InChI=1S/C11H13N5O/c17-10-3-9(13-5-8-4-12-6-14-8)15-11(16-10)7-1-2-7/h3-4,6-7H,1-2,5H2,(H,12,14)(H2,13,15,16,17). The van der Waals surface area contributed by atoms with Crippen LogP contribution in [0.1, 0.15) is 30.3 Å². The van der Waals surface area contributed by atoms with Gasteiger partial charge >= 0.3 is 0 Å². The summed E-state index contributed by atoms with van der Waals surface area (Å²) < 4.78 is 0. The van der Waals surface area contributed by atoms with Crippen LogP contribution in [-0.4, -0.2) is 19.9 Å². The maximum atomic E-state index is 11.4. The van der Waals surface area contributed by atoms with Crippen LogP contribution in [0.25, 0.3) is 0 Å². The zero-order chi connectivity index (χ0) is 11.7. The van der Waals surface area contributed by atoms with Crippen molar-refractivity contribution in [3.8, 4) is 0 Å². The molecule has 88 valence electrons. The zero-order valence-corrected chi connectivity index (χ0v) is 9.23. The van der Waals surface area contributed by atoms with Gasteiger partial charge in [-0.1, -0.05) is 0 Å². The molecular weight excluding hydrogens is 218 g/mol. The molecule has 3 rings (SSSR count). The topological polar surface area (TPSA) is 86.5 Å². The van der Waals surface area contributed by atoms with Crippen LogP contribution in [0.5, 0.6) is 0 Å². The highest BCUT2D eigenvalue weighted by Gasteiger charge is 2.26. The number of imidazole rings is 1. The average Bonchev–Trinajstić information content (AvgIpc) is 3.04. The molecule has 0 amide bonds. The SMILES string of the molecule is O=c1cc(NCc2cnc[nH]2)nc(C2CC2)[nH]1. The minimum atomic E-state index is -0.103. The molecule has 1 saturated carbocycles. The van der Waals surface area contributed by atoms with E-state index in [1.54, 1.807) is 12.5 Å². The maximum absolute atomic E-state index is 11.4. The smallest absolute Gasteiger partial charge is 0.252 e. The van der Waals surface area contributed by atoms with E-state index in [1.807, 2.05) is 0 Å². The van der Waals surface area contributed by atoms with Gasteiger partial charge in [0.2, 0.25) is 0 Å². The molecule has 2 heterocycles. The quantitative estimate of drug-likeness (QED) is 0.732. The molecule has 0 spiro atoms. The number of aromatic nitrogens is 4. The summed E-state index contributed by atoms with van der Waals surface area (Å²) in [6, 6.07) is 1.47. The van der Waals surface area contributed by atoms with Crippen molar-refractivity contribution in [2.45, 2.75) is 25.3 Å². The second kappa shape index (κ2) is 4.04. The Labute approximate surface area is 97.5 Å². The highest BCUT2D eigenvalue weighted by Crippen LogP contribution is 2.37. The third kappa shape index (κ3) is 2.35. The Balaban J connectivity index is 1.75. The minimum Gasteiger partial charge on any atom is -0.364 e. The zero-order valence-electron chi connectivity index (χ0n) is 9.23. The van der Waals surface area contributed by atoms with Gasteiger partial charge in [0.25, 0.3) is 5.56 Å². The summed E-state index contributed by atoms with van der Waals surface area (Å²) in [5.41, 5.74) is 0.856. The van der Waals surface area contributed by atoms with E-state index in [-0.39, 0.29) is 5.56 Å². The van der Waals surface area contributed by atoms with Crippen LogP contribution in [0, 0.1) is 0 Å². The first-order valence-electron chi connectivity index (χ1n) is 5.63. The predicted octanol–water partition coefficient (Wildman–Crippen LogP) is 0.982. The molecule has 1 fully saturated rings. The number of H-pyrrole nitrogens is 2. The highest BCUT2D eigenvalue weighted by atomic mass is 16.1. The molecule has 0 radical (unpaired) electrons. The molecule has 0 unspecified atom stereocenters. The van der Waals surface area contributed by atoms with Gasteiger partial charge in [0.05, 0.1) is 18.6 Å². The van der Waals surface area contributed by atoms with Crippen molar-refractivity contribution in [1.29, 1.82) is 0 Å². The molecular formula is C11H13N5O. The van der Waals surface area contributed by atoms with Gasteiger partial charge in [0, 0.05) is 18.2 Å². The Morgan fingerprint density at radius 1 is 1.47 bits per heavy atom.